The number of carbonyl (C=O) groups is 1. The first-order chi connectivity index (χ1) is 11.5. The summed E-state index contributed by atoms with van der Waals surface area (Å²) in [7, 11) is 0. The van der Waals surface area contributed by atoms with Crippen LogP contribution in [-0.2, 0) is 11.3 Å². The van der Waals surface area contributed by atoms with Gasteiger partial charge in [0.1, 0.15) is 0 Å². The van der Waals surface area contributed by atoms with E-state index in [9.17, 15) is 9.59 Å². The fourth-order valence-electron chi connectivity index (χ4n) is 3.68. The Balaban J connectivity index is 1.46. The minimum Gasteiger partial charge on any atom is -0.341 e. The third-order valence-electron chi connectivity index (χ3n) is 5.53. The number of amides is 1. The molecule has 1 aromatic heterocycles. The zero-order valence-electron chi connectivity index (χ0n) is 14.8. The number of hydrogen-bond acceptors (Lipinski definition) is 4. The third kappa shape index (κ3) is 3.86. The van der Waals surface area contributed by atoms with Crippen LogP contribution in [0.2, 0.25) is 0 Å². The fourth-order valence-corrected chi connectivity index (χ4v) is 3.68. The molecule has 3 rings (SSSR count). The van der Waals surface area contributed by atoms with Crippen molar-refractivity contribution in [1.82, 2.24) is 19.4 Å². The Bertz CT molecular complexity index is 647. The molecule has 0 atom stereocenters. The van der Waals surface area contributed by atoms with E-state index < -0.39 is 0 Å². The van der Waals surface area contributed by atoms with Gasteiger partial charge in [-0.2, -0.15) is 0 Å². The summed E-state index contributed by atoms with van der Waals surface area (Å²) >= 11 is 0. The summed E-state index contributed by atoms with van der Waals surface area (Å²) in [6.45, 7) is 9.38. The number of carbonyl (C=O) groups excluding carboxylic acids is 1. The van der Waals surface area contributed by atoms with E-state index in [1.54, 1.807) is 10.9 Å². The first-order valence-corrected chi connectivity index (χ1v) is 9.07. The lowest BCUT2D eigenvalue weighted by Crippen LogP contribution is -2.41. The van der Waals surface area contributed by atoms with Gasteiger partial charge in [-0.15, -0.1) is 0 Å². The van der Waals surface area contributed by atoms with E-state index in [0.717, 1.165) is 76.2 Å². The zero-order chi connectivity index (χ0) is 17.1. The Kier molecular flexibility index (Phi) is 5.33. The minimum atomic E-state index is 0.0949. The number of aromatic nitrogens is 2. The van der Waals surface area contributed by atoms with Crippen molar-refractivity contribution in [3.63, 3.8) is 0 Å². The van der Waals surface area contributed by atoms with Crippen molar-refractivity contribution in [2.45, 2.75) is 46.1 Å². The normalized spacial score (nSPS) is 20.1. The highest BCUT2D eigenvalue weighted by atomic mass is 16.2. The van der Waals surface area contributed by atoms with Gasteiger partial charge in [-0.25, -0.2) is 4.98 Å². The maximum Gasteiger partial charge on any atom is 0.256 e. The zero-order valence-corrected chi connectivity index (χ0v) is 14.8. The van der Waals surface area contributed by atoms with Crippen molar-refractivity contribution in [3.8, 4) is 0 Å². The summed E-state index contributed by atoms with van der Waals surface area (Å²) < 4.78 is 1.77. The average molecular weight is 332 g/mol. The second-order valence-corrected chi connectivity index (χ2v) is 7.18. The molecule has 2 aliphatic rings. The van der Waals surface area contributed by atoms with Crippen LogP contribution in [0.15, 0.2) is 11.1 Å². The smallest absolute Gasteiger partial charge is 0.256 e. The molecule has 0 saturated carbocycles. The van der Waals surface area contributed by atoms with Crippen LogP contribution in [0, 0.1) is 19.8 Å². The molecular formula is C18H28N4O2. The minimum absolute atomic E-state index is 0.0949. The molecule has 3 heterocycles. The predicted molar refractivity (Wildman–Crippen MR) is 92.9 cm³/mol. The lowest BCUT2D eigenvalue weighted by molar-refractivity contribution is -0.127. The van der Waals surface area contributed by atoms with Gasteiger partial charge in [0, 0.05) is 43.9 Å². The van der Waals surface area contributed by atoms with Crippen LogP contribution in [0.1, 0.15) is 36.9 Å². The van der Waals surface area contributed by atoms with E-state index in [0.29, 0.717) is 11.8 Å². The second kappa shape index (κ2) is 7.47. The Labute approximate surface area is 143 Å². The fraction of sp³-hybridized carbons (Fsp3) is 0.722. The van der Waals surface area contributed by atoms with E-state index in [2.05, 4.69) is 9.88 Å². The molecule has 0 bridgehead atoms. The van der Waals surface area contributed by atoms with Gasteiger partial charge < -0.3 is 9.80 Å². The molecule has 2 aliphatic heterocycles. The van der Waals surface area contributed by atoms with E-state index >= 15 is 0 Å². The van der Waals surface area contributed by atoms with Crippen molar-refractivity contribution >= 4 is 5.91 Å². The van der Waals surface area contributed by atoms with E-state index in [1.165, 1.54) is 0 Å². The van der Waals surface area contributed by atoms with Crippen molar-refractivity contribution in [3.05, 3.63) is 27.9 Å². The van der Waals surface area contributed by atoms with Gasteiger partial charge in [0.2, 0.25) is 5.91 Å². The van der Waals surface area contributed by atoms with Crippen molar-refractivity contribution < 1.29 is 4.79 Å². The van der Waals surface area contributed by atoms with E-state index in [-0.39, 0.29) is 5.56 Å². The summed E-state index contributed by atoms with van der Waals surface area (Å²) in [6.07, 6.45) is 5.64. The summed E-state index contributed by atoms with van der Waals surface area (Å²) in [5.41, 5.74) is 1.67. The molecule has 0 radical (unpaired) electrons. The SMILES string of the molecule is Cc1ncn(CC2CCN(CCN3CCCC3=O)CC2)c(=O)c1C. The molecule has 6 nitrogen and oxygen atoms in total. The van der Waals surface area contributed by atoms with Crippen LogP contribution >= 0.6 is 0 Å². The van der Waals surface area contributed by atoms with E-state index in [4.69, 9.17) is 0 Å². The third-order valence-corrected chi connectivity index (χ3v) is 5.53. The molecule has 0 spiro atoms. The summed E-state index contributed by atoms with van der Waals surface area (Å²) in [5.74, 6) is 0.850. The van der Waals surface area contributed by atoms with Gasteiger partial charge >= 0.3 is 0 Å². The summed E-state index contributed by atoms with van der Waals surface area (Å²) in [5, 5.41) is 0. The van der Waals surface area contributed by atoms with Gasteiger partial charge in [0.15, 0.2) is 0 Å². The Hall–Kier alpha value is -1.69. The molecule has 2 fully saturated rings. The molecular weight excluding hydrogens is 304 g/mol. The Morgan fingerprint density at radius 1 is 1.12 bits per heavy atom. The second-order valence-electron chi connectivity index (χ2n) is 7.18. The van der Waals surface area contributed by atoms with Crippen molar-refractivity contribution in [2.75, 3.05) is 32.7 Å². The first kappa shape index (κ1) is 17.1. The molecule has 0 N–H and O–H groups in total. The van der Waals surface area contributed by atoms with Crippen LogP contribution < -0.4 is 5.56 Å². The molecule has 2 saturated heterocycles. The highest BCUT2D eigenvalue weighted by molar-refractivity contribution is 5.78. The van der Waals surface area contributed by atoms with E-state index in [1.807, 2.05) is 18.7 Å². The van der Waals surface area contributed by atoms with Crippen molar-refractivity contribution in [1.29, 1.82) is 0 Å². The number of likely N-dealkylation sites (tertiary alicyclic amines) is 2. The van der Waals surface area contributed by atoms with Gasteiger partial charge in [-0.3, -0.25) is 14.2 Å². The molecule has 0 aliphatic carbocycles. The maximum atomic E-state index is 12.3. The molecule has 1 aromatic rings. The molecule has 0 unspecified atom stereocenters. The van der Waals surface area contributed by atoms with Crippen LogP contribution in [0.5, 0.6) is 0 Å². The maximum absolute atomic E-state index is 12.3. The Morgan fingerprint density at radius 2 is 1.88 bits per heavy atom. The number of hydrogen-bond donors (Lipinski definition) is 0. The van der Waals surface area contributed by atoms with Gasteiger partial charge in [-0.05, 0) is 52.1 Å². The van der Waals surface area contributed by atoms with Gasteiger partial charge in [0.05, 0.1) is 6.33 Å². The van der Waals surface area contributed by atoms with Gasteiger partial charge in [-0.1, -0.05) is 0 Å². The predicted octanol–water partition coefficient (Wildman–Crippen LogP) is 1.19. The van der Waals surface area contributed by atoms with Crippen LogP contribution in [-0.4, -0.2) is 58.0 Å². The lowest BCUT2D eigenvalue weighted by atomic mass is 9.96. The topological polar surface area (TPSA) is 58.4 Å². The van der Waals surface area contributed by atoms with Crippen LogP contribution in [0.3, 0.4) is 0 Å². The standard InChI is InChI=1S/C18H28N4O2/c1-14-15(2)19-13-22(18(14)24)12-16-5-8-20(9-6-16)10-11-21-7-3-4-17(21)23/h13,16H,3-12H2,1-2H3. The van der Waals surface area contributed by atoms with Gasteiger partial charge in [0.25, 0.3) is 5.56 Å². The molecule has 0 aromatic carbocycles. The molecule has 132 valence electrons. The number of aryl methyl sites for hydroxylation is 1. The lowest BCUT2D eigenvalue weighted by Gasteiger charge is -2.33. The molecule has 1 amide bonds. The van der Waals surface area contributed by atoms with Crippen molar-refractivity contribution in [2.24, 2.45) is 5.92 Å². The molecule has 24 heavy (non-hydrogen) atoms. The highest BCUT2D eigenvalue weighted by Crippen LogP contribution is 2.19. The average Bonchev–Trinajstić information content (AvgIpc) is 3.00. The number of nitrogens with zero attached hydrogens (tertiary/aromatic N) is 4. The quantitative estimate of drug-likeness (QED) is 0.813. The Morgan fingerprint density at radius 3 is 2.54 bits per heavy atom. The largest absolute Gasteiger partial charge is 0.341 e. The first-order valence-electron chi connectivity index (χ1n) is 9.07. The monoisotopic (exact) mass is 332 g/mol. The summed E-state index contributed by atoms with van der Waals surface area (Å²) in [4.78, 5) is 32.7. The number of piperidine rings is 1. The van der Waals surface area contributed by atoms with Crippen LogP contribution in [0.25, 0.3) is 0 Å². The van der Waals surface area contributed by atoms with Crippen LogP contribution in [0.4, 0.5) is 0 Å². The number of rotatable bonds is 5. The summed E-state index contributed by atoms with van der Waals surface area (Å²) in [6, 6.07) is 0. The highest BCUT2D eigenvalue weighted by Gasteiger charge is 2.23. The molecule has 6 heteroatoms.